The zero-order valence-electron chi connectivity index (χ0n) is 10.4. The van der Waals surface area contributed by atoms with Gasteiger partial charge in [-0.1, -0.05) is 55.4 Å². The predicted octanol–water partition coefficient (Wildman–Crippen LogP) is 3.67. The maximum Gasteiger partial charge on any atom is 0.144 e. The fourth-order valence-corrected chi connectivity index (χ4v) is 1.28. The van der Waals surface area contributed by atoms with Gasteiger partial charge in [0.1, 0.15) is 5.78 Å². The lowest BCUT2D eigenvalue weighted by molar-refractivity contribution is -0.140. The number of hydrogen-bond donors (Lipinski definition) is 0. The molecule has 0 N–H and O–H groups in total. The summed E-state index contributed by atoms with van der Waals surface area (Å²) in [7, 11) is 0. The Hall–Kier alpha value is -0.330. The minimum absolute atomic E-state index is 0.0252. The van der Waals surface area contributed by atoms with Crippen molar-refractivity contribution >= 4 is 5.78 Å². The molecule has 0 aliphatic carbocycles. The van der Waals surface area contributed by atoms with Gasteiger partial charge in [-0.3, -0.25) is 4.79 Å². The zero-order chi connectivity index (χ0) is 11.1. The zero-order valence-corrected chi connectivity index (χ0v) is 10.4. The minimum Gasteiger partial charge on any atom is -0.298 e. The van der Waals surface area contributed by atoms with Gasteiger partial charge in [0, 0.05) is 10.8 Å². The molecule has 0 aromatic carbocycles. The molecule has 0 aromatic heterocycles. The van der Waals surface area contributed by atoms with Crippen LogP contribution in [0.15, 0.2) is 0 Å². The number of rotatable bonds is 1. The number of hydrogen-bond acceptors (Lipinski definition) is 1. The highest BCUT2D eigenvalue weighted by atomic mass is 16.1. The molecule has 0 atom stereocenters. The van der Waals surface area contributed by atoms with Crippen molar-refractivity contribution in [3.8, 4) is 0 Å². The van der Waals surface area contributed by atoms with Gasteiger partial charge in [-0.2, -0.15) is 0 Å². The maximum absolute atomic E-state index is 12.1. The highest BCUT2D eigenvalue weighted by Crippen LogP contribution is 2.42. The normalized spacial score (nSPS) is 14.5. The van der Waals surface area contributed by atoms with Gasteiger partial charge in [0.15, 0.2) is 0 Å². The van der Waals surface area contributed by atoms with Crippen LogP contribution in [-0.2, 0) is 4.79 Å². The molecule has 0 radical (unpaired) electrons. The molecule has 0 aliphatic heterocycles. The highest BCUT2D eigenvalue weighted by molar-refractivity contribution is 5.89. The third-order valence-electron chi connectivity index (χ3n) is 3.12. The van der Waals surface area contributed by atoms with Crippen molar-refractivity contribution in [2.45, 2.75) is 55.4 Å². The molecule has 0 amide bonds. The van der Waals surface area contributed by atoms with Crippen LogP contribution in [0.4, 0.5) is 0 Å². The standard InChI is InChI=1S/C12H24O/c1-10(2,3)9(13)12(7,8)11(4,5)6/h1-8H3. The summed E-state index contributed by atoms with van der Waals surface area (Å²) in [6.07, 6.45) is 0. The molecule has 0 aliphatic rings. The van der Waals surface area contributed by atoms with E-state index in [1.165, 1.54) is 0 Å². The first-order valence-electron chi connectivity index (χ1n) is 4.95. The molecular formula is C12H24O. The number of carbonyl (C=O) groups excluding carboxylic acids is 1. The molecule has 0 bridgehead atoms. The van der Waals surface area contributed by atoms with E-state index in [2.05, 4.69) is 20.8 Å². The highest BCUT2D eigenvalue weighted by Gasteiger charge is 2.43. The monoisotopic (exact) mass is 184 g/mol. The summed E-state index contributed by atoms with van der Waals surface area (Å²) >= 11 is 0. The van der Waals surface area contributed by atoms with Gasteiger partial charge in [-0.15, -0.1) is 0 Å². The smallest absolute Gasteiger partial charge is 0.144 e. The third-order valence-corrected chi connectivity index (χ3v) is 3.12. The molecule has 0 saturated heterocycles. The minimum atomic E-state index is -0.259. The molecule has 0 spiro atoms. The maximum atomic E-state index is 12.1. The molecule has 0 heterocycles. The second kappa shape index (κ2) is 3.11. The van der Waals surface area contributed by atoms with E-state index in [1.807, 2.05) is 34.6 Å². The van der Waals surface area contributed by atoms with E-state index in [0.29, 0.717) is 5.78 Å². The quantitative estimate of drug-likeness (QED) is 0.607. The second-order valence-electron chi connectivity index (χ2n) is 6.45. The van der Waals surface area contributed by atoms with Gasteiger partial charge in [-0.25, -0.2) is 0 Å². The lowest BCUT2D eigenvalue weighted by Gasteiger charge is -2.41. The Bertz CT molecular complexity index is 198. The van der Waals surface area contributed by atoms with Crippen molar-refractivity contribution in [1.82, 2.24) is 0 Å². The summed E-state index contributed by atoms with van der Waals surface area (Å²) in [6.45, 7) is 16.4. The van der Waals surface area contributed by atoms with Crippen LogP contribution in [-0.4, -0.2) is 5.78 Å². The lowest BCUT2D eigenvalue weighted by Crippen LogP contribution is -2.43. The molecule has 0 aromatic rings. The van der Waals surface area contributed by atoms with Gasteiger partial charge in [0.2, 0.25) is 0 Å². The molecule has 0 rings (SSSR count). The SMILES string of the molecule is CC(C)(C)C(=O)C(C)(C)C(C)(C)C. The molecule has 0 saturated carbocycles. The van der Waals surface area contributed by atoms with Crippen LogP contribution in [0.5, 0.6) is 0 Å². The molecule has 78 valence electrons. The molecular weight excluding hydrogens is 160 g/mol. The Labute approximate surface area is 82.9 Å². The number of carbonyl (C=O) groups is 1. The van der Waals surface area contributed by atoms with Crippen LogP contribution in [0.25, 0.3) is 0 Å². The average molecular weight is 184 g/mol. The van der Waals surface area contributed by atoms with E-state index in [9.17, 15) is 4.79 Å². The number of Topliss-reactive ketones (excluding diaryl/α,β-unsaturated/α-hetero) is 1. The fourth-order valence-electron chi connectivity index (χ4n) is 1.28. The first kappa shape index (κ1) is 12.7. The van der Waals surface area contributed by atoms with E-state index in [-0.39, 0.29) is 16.2 Å². The van der Waals surface area contributed by atoms with Gasteiger partial charge >= 0.3 is 0 Å². The third kappa shape index (κ3) is 2.55. The van der Waals surface area contributed by atoms with Crippen LogP contribution in [0.1, 0.15) is 55.4 Å². The molecule has 0 fully saturated rings. The van der Waals surface area contributed by atoms with Crippen molar-refractivity contribution in [3.05, 3.63) is 0 Å². The first-order valence-corrected chi connectivity index (χ1v) is 4.95. The summed E-state index contributed by atoms with van der Waals surface area (Å²) in [6, 6.07) is 0. The average Bonchev–Trinajstić information content (AvgIpc) is 1.81. The first-order chi connectivity index (χ1) is 5.40. The van der Waals surface area contributed by atoms with Crippen molar-refractivity contribution < 1.29 is 4.79 Å². The van der Waals surface area contributed by atoms with E-state index < -0.39 is 0 Å². The fraction of sp³-hybridized carbons (Fsp3) is 0.917. The number of ketones is 1. The van der Waals surface area contributed by atoms with Crippen LogP contribution < -0.4 is 0 Å². The Morgan fingerprint density at radius 1 is 0.769 bits per heavy atom. The van der Waals surface area contributed by atoms with Crippen LogP contribution in [0.2, 0.25) is 0 Å². The topological polar surface area (TPSA) is 17.1 Å². The second-order valence-corrected chi connectivity index (χ2v) is 6.45. The Kier molecular flexibility index (Phi) is 3.03. The lowest BCUT2D eigenvalue weighted by atomic mass is 9.61. The summed E-state index contributed by atoms with van der Waals surface area (Å²) in [5, 5.41) is 0. The Morgan fingerprint density at radius 3 is 1.15 bits per heavy atom. The summed E-state index contributed by atoms with van der Waals surface area (Å²) < 4.78 is 0. The molecule has 13 heavy (non-hydrogen) atoms. The van der Waals surface area contributed by atoms with E-state index in [1.54, 1.807) is 0 Å². The Balaban J connectivity index is 4.98. The van der Waals surface area contributed by atoms with Gasteiger partial charge in [-0.05, 0) is 5.41 Å². The summed E-state index contributed by atoms with van der Waals surface area (Å²) in [5.41, 5.74) is -0.473. The van der Waals surface area contributed by atoms with Gasteiger partial charge in [0.05, 0.1) is 0 Å². The van der Waals surface area contributed by atoms with Crippen molar-refractivity contribution in [3.63, 3.8) is 0 Å². The van der Waals surface area contributed by atoms with Crippen LogP contribution in [0, 0.1) is 16.2 Å². The van der Waals surface area contributed by atoms with Gasteiger partial charge in [0.25, 0.3) is 0 Å². The molecule has 1 heteroatoms. The predicted molar refractivity (Wildman–Crippen MR) is 57.7 cm³/mol. The van der Waals surface area contributed by atoms with E-state index in [4.69, 9.17) is 0 Å². The summed E-state index contributed by atoms with van der Waals surface area (Å²) in [5.74, 6) is 0.340. The van der Waals surface area contributed by atoms with Crippen LogP contribution >= 0.6 is 0 Å². The van der Waals surface area contributed by atoms with Crippen molar-refractivity contribution in [1.29, 1.82) is 0 Å². The largest absolute Gasteiger partial charge is 0.298 e. The van der Waals surface area contributed by atoms with E-state index in [0.717, 1.165) is 0 Å². The molecule has 0 unspecified atom stereocenters. The molecule has 1 nitrogen and oxygen atoms in total. The summed E-state index contributed by atoms with van der Waals surface area (Å²) in [4.78, 5) is 12.1. The van der Waals surface area contributed by atoms with Crippen LogP contribution in [0.3, 0.4) is 0 Å². The van der Waals surface area contributed by atoms with Crippen molar-refractivity contribution in [2.75, 3.05) is 0 Å². The van der Waals surface area contributed by atoms with E-state index >= 15 is 0 Å². The van der Waals surface area contributed by atoms with Gasteiger partial charge < -0.3 is 0 Å². The Morgan fingerprint density at radius 2 is 1.08 bits per heavy atom. The van der Waals surface area contributed by atoms with Crippen molar-refractivity contribution in [2.24, 2.45) is 16.2 Å².